The van der Waals surface area contributed by atoms with E-state index in [1.54, 1.807) is 0 Å². The molecule has 15 heavy (non-hydrogen) atoms. The molecule has 2 N–H and O–H groups in total. The summed E-state index contributed by atoms with van der Waals surface area (Å²) in [5.74, 6) is -0.792. The van der Waals surface area contributed by atoms with Crippen LogP contribution in [0.3, 0.4) is 0 Å². The SMILES string of the molecule is Cc1c(C(N)=O)cc(C=O)cc1[N+](=O)[O-]. The first kappa shape index (κ1) is 10.8. The molecule has 1 aromatic carbocycles. The van der Waals surface area contributed by atoms with Gasteiger partial charge in [-0.1, -0.05) is 0 Å². The second-order valence-corrected chi connectivity index (χ2v) is 2.95. The van der Waals surface area contributed by atoms with Gasteiger partial charge in [0, 0.05) is 22.8 Å². The number of rotatable bonds is 3. The van der Waals surface area contributed by atoms with Crippen molar-refractivity contribution in [1.82, 2.24) is 0 Å². The highest BCUT2D eigenvalue weighted by Crippen LogP contribution is 2.22. The van der Waals surface area contributed by atoms with Gasteiger partial charge in [0.25, 0.3) is 5.69 Å². The Labute approximate surface area is 84.8 Å². The Bertz CT molecular complexity index is 418. The Morgan fingerprint density at radius 3 is 2.53 bits per heavy atom. The third-order valence-electron chi connectivity index (χ3n) is 2.00. The van der Waals surface area contributed by atoms with Gasteiger partial charge in [0.2, 0.25) is 5.91 Å². The van der Waals surface area contributed by atoms with E-state index in [9.17, 15) is 19.7 Å². The van der Waals surface area contributed by atoms with Gasteiger partial charge in [-0.05, 0) is 13.0 Å². The van der Waals surface area contributed by atoms with Crippen LogP contribution in [0.15, 0.2) is 12.1 Å². The molecule has 0 bridgehead atoms. The van der Waals surface area contributed by atoms with E-state index in [4.69, 9.17) is 5.73 Å². The Kier molecular flexibility index (Phi) is 2.80. The Morgan fingerprint density at radius 2 is 2.13 bits per heavy atom. The smallest absolute Gasteiger partial charge is 0.273 e. The number of benzene rings is 1. The quantitative estimate of drug-likeness (QED) is 0.451. The maximum atomic E-state index is 10.9. The average molecular weight is 208 g/mol. The Hall–Kier alpha value is -2.24. The summed E-state index contributed by atoms with van der Waals surface area (Å²) in [7, 11) is 0. The fraction of sp³-hybridized carbons (Fsp3) is 0.111. The van der Waals surface area contributed by atoms with Crippen molar-refractivity contribution in [1.29, 1.82) is 0 Å². The van der Waals surface area contributed by atoms with Gasteiger partial charge in [-0.15, -0.1) is 0 Å². The highest BCUT2D eigenvalue weighted by molar-refractivity contribution is 5.97. The number of nitrogens with zero attached hydrogens (tertiary/aromatic N) is 1. The lowest BCUT2D eigenvalue weighted by Gasteiger charge is -2.03. The van der Waals surface area contributed by atoms with E-state index >= 15 is 0 Å². The van der Waals surface area contributed by atoms with Gasteiger partial charge >= 0.3 is 0 Å². The van der Waals surface area contributed by atoms with Crippen molar-refractivity contribution in [3.05, 3.63) is 38.9 Å². The normalized spacial score (nSPS) is 9.67. The molecule has 6 nitrogen and oxygen atoms in total. The lowest BCUT2D eigenvalue weighted by Crippen LogP contribution is -2.14. The van der Waals surface area contributed by atoms with Gasteiger partial charge in [0.15, 0.2) is 0 Å². The van der Waals surface area contributed by atoms with Crippen LogP contribution in [0.1, 0.15) is 26.3 Å². The molecule has 6 heteroatoms. The number of nitro groups is 1. The van der Waals surface area contributed by atoms with E-state index < -0.39 is 10.8 Å². The summed E-state index contributed by atoms with van der Waals surface area (Å²) in [5.41, 5.74) is 4.96. The molecule has 0 unspecified atom stereocenters. The molecule has 0 atom stereocenters. The number of aldehydes is 1. The maximum Gasteiger partial charge on any atom is 0.273 e. The van der Waals surface area contributed by atoms with Gasteiger partial charge in [-0.3, -0.25) is 19.7 Å². The number of primary amides is 1. The first-order chi connectivity index (χ1) is 6.97. The van der Waals surface area contributed by atoms with Crippen LogP contribution in [0.25, 0.3) is 0 Å². The molecule has 1 rings (SSSR count). The number of hydrogen-bond donors (Lipinski definition) is 1. The second kappa shape index (κ2) is 3.87. The van der Waals surface area contributed by atoms with E-state index in [-0.39, 0.29) is 22.4 Å². The molecule has 1 aromatic rings. The van der Waals surface area contributed by atoms with Crippen LogP contribution in [0, 0.1) is 17.0 Å². The van der Waals surface area contributed by atoms with Gasteiger partial charge in [0.05, 0.1) is 4.92 Å². The molecule has 0 heterocycles. The molecule has 78 valence electrons. The van der Waals surface area contributed by atoms with Crippen molar-refractivity contribution in [2.24, 2.45) is 5.73 Å². The van der Waals surface area contributed by atoms with Gasteiger partial charge in [-0.25, -0.2) is 0 Å². The monoisotopic (exact) mass is 208 g/mol. The van der Waals surface area contributed by atoms with Gasteiger partial charge < -0.3 is 5.73 Å². The zero-order chi connectivity index (χ0) is 11.6. The molecule has 0 spiro atoms. The standard InChI is InChI=1S/C9H8N2O4/c1-5-7(9(10)13)2-6(4-12)3-8(5)11(14)15/h2-4H,1H3,(H2,10,13). The minimum absolute atomic E-state index is 0.00806. The molecule has 0 aromatic heterocycles. The first-order valence-corrected chi connectivity index (χ1v) is 4.01. The predicted octanol–water partition coefficient (Wildman–Crippen LogP) is 0.815. The zero-order valence-electron chi connectivity index (χ0n) is 7.89. The number of amides is 1. The van der Waals surface area contributed by atoms with E-state index in [2.05, 4.69) is 0 Å². The van der Waals surface area contributed by atoms with Gasteiger partial charge in [0.1, 0.15) is 6.29 Å². The number of carbonyl (C=O) groups is 2. The molecule has 0 aliphatic rings. The third-order valence-corrected chi connectivity index (χ3v) is 2.00. The van der Waals surface area contributed by atoms with E-state index in [1.807, 2.05) is 0 Å². The number of carbonyl (C=O) groups excluding carboxylic acids is 2. The number of hydrogen-bond acceptors (Lipinski definition) is 4. The second-order valence-electron chi connectivity index (χ2n) is 2.95. The first-order valence-electron chi connectivity index (χ1n) is 4.01. The summed E-state index contributed by atoms with van der Waals surface area (Å²) in [6.45, 7) is 1.41. The van der Waals surface area contributed by atoms with Crippen LogP contribution in [0.5, 0.6) is 0 Å². The molecule has 0 aliphatic carbocycles. The summed E-state index contributed by atoms with van der Waals surface area (Å²) >= 11 is 0. The highest BCUT2D eigenvalue weighted by atomic mass is 16.6. The summed E-state index contributed by atoms with van der Waals surface area (Å²) < 4.78 is 0. The fourth-order valence-electron chi connectivity index (χ4n) is 1.23. The third kappa shape index (κ3) is 1.98. The zero-order valence-corrected chi connectivity index (χ0v) is 7.89. The molecule has 1 amide bonds. The average Bonchev–Trinajstić information content (AvgIpc) is 2.17. The molecule has 0 aliphatic heterocycles. The van der Waals surface area contributed by atoms with Crippen LogP contribution in [0.2, 0.25) is 0 Å². The minimum atomic E-state index is -0.792. The van der Waals surface area contributed by atoms with Crippen LogP contribution in [-0.2, 0) is 0 Å². The van der Waals surface area contributed by atoms with Crippen LogP contribution in [-0.4, -0.2) is 17.1 Å². The summed E-state index contributed by atoms with van der Waals surface area (Å²) in [5, 5.41) is 10.6. The molecule has 0 saturated carbocycles. The molecule has 0 fully saturated rings. The minimum Gasteiger partial charge on any atom is -0.366 e. The summed E-state index contributed by atoms with van der Waals surface area (Å²) in [4.78, 5) is 31.4. The largest absolute Gasteiger partial charge is 0.366 e. The van der Waals surface area contributed by atoms with E-state index in [0.29, 0.717) is 6.29 Å². The maximum absolute atomic E-state index is 10.9. The molecular formula is C9H8N2O4. The lowest BCUT2D eigenvalue weighted by molar-refractivity contribution is -0.385. The van der Waals surface area contributed by atoms with Gasteiger partial charge in [-0.2, -0.15) is 0 Å². The van der Waals surface area contributed by atoms with Crippen molar-refractivity contribution < 1.29 is 14.5 Å². The summed E-state index contributed by atoms with van der Waals surface area (Å²) in [6, 6.07) is 2.34. The Morgan fingerprint density at radius 1 is 1.53 bits per heavy atom. The van der Waals surface area contributed by atoms with E-state index in [1.165, 1.54) is 13.0 Å². The molecule has 0 saturated heterocycles. The fourth-order valence-corrected chi connectivity index (χ4v) is 1.23. The van der Waals surface area contributed by atoms with Crippen molar-refractivity contribution in [2.75, 3.05) is 0 Å². The van der Waals surface area contributed by atoms with Crippen LogP contribution < -0.4 is 5.73 Å². The van der Waals surface area contributed by atoms with Crippen molar-refractivity contribution in [2.45, 2.75) is 6.92 Å². The van der Waals surface area contributed by atoms with Crippen molar-refractivity contribution in [3.63, 3.8) is 0 Å². The topological polar surface area (TPSA) is 103 Å². The molecular weight excluding hydrogens is 200 g/mol. The highest BCUT2D eigenvalue weighted by Gasteiger charge is 2.18. The van der Waals surface area contributed by atoms with Crippen molar-refractivity contribution in [3.8, 4) is 0 Å². The van der Waals surface area contributed by atoms with E-state index in [0.717, 1.165) is 6.07 Å². The number of nitro benzene ring substituents is 1. The number of nitrogens with two attached hydrogens (primary N) is 1. The van der Waals surface area contributed by atoms with Crippen LogP contribution >= 0.6 is 0 Å². The van der Waals surface area contributed by atoms with Crippen LogP contribution in [0.4, 0.5) is 5.69 Å². The Balaban J connectivity index is 3.53. The lowest BCUT2D eigenvalue weighted by atomic mass is 10.0. The summed E-state index contributed by atoms with van der Waals surface area (Å²) in [6.07, 6.45) is 0.429. The van der Waals surface area contributed by atoms with Crippen molar-refractivity contribution >= 4 is 17.9 Å². The molecule has 0 radical (unpaired) electrons. The predicted molar refractivity (Wildman–Crippen MR) is 51.7 cm³/mol.